The zero-order valence-electron chi connectivity index (χ0n) is 32.0. The minimum absolute atomic E-state index is 0.0276. The number of fused-ring (bicyclic) bond motifs is 3. The molecule has 0 aromatic carbocycles. The fraction of sp³-hybridized carbons (Fsp3) is 0.829. The molecule has 324 valence electrons. The average molecular weight is 855 g/mol. The Morgan fingerprint density at radius 1 is 1.00 bits per heavy atom. The largest absolute Gasteiger partial charge is 0.481 e. The number of hydrogen-bond donors (Lipinski definition) is 6. The highest BCUT2D eigenvalue weighted by Gasteiger charge is 2.67. The van der Waals surface area contributed by atoms with Crippen LogP contribution in [0.4, 0.5) is 0 Å². The number of esters is 2. The summed E-state index contributed by atoms with van der Waals surface area (Å²) in [6, 6.07) is 0. The zero-order chi connectivity index (χ0) is 41.5. The Bertz CT molecular complexity index is 1430. The van der Waals surface area contributed by atoms with Gasteiger partial charge in [-0.25, -0.2) is 10.5 Å². The molecule has 4 aliphatic carbocycles. The van der Waals surface area contributed by atoms with Crippen molar-refractivity contribution in [2.24, 2.45) is 46.2 Å². The smallest absolute Gasteiger partial charge is 0.306 e. The summed E-state index contributed by atoms with van der Waals surface area (Å²) in [7, 11) is 0. The van der Waals surface area contributed by atoms with Crippen molar-refractivity contribution in [2.75, 3.05) is 13.3 Å². The number of carbonyl (C=O) groups is 4. The van der Waals surface area contributed by atoms with E-state index in [1.807, 2.05) is 0 Å². The Morgan fingerprint density at radius 3 is 2.35 bits per heavy atom. The van der Waals surface area contributed by atoms with Gasteiger partial charge < -0.3 is 40.2 Å². The van der Waals surface area contributed by atoms with Crippen LogP contribution in [0.2, 0.25) is 0 Å². The van der Waals surface area contributed by atoms with Gasteiger partial charge in [-0.15, -0.1) is 8.67 Å². The van der Waals surface area contributed by atoms with Gasteiger partial charge in [0.1, 0.15) is 24.9 Å². The first kappa shape index (κ1) is 45.9. The fourth-order valence-electron chi connectivity index (χ4n) is 10.3. The number of aliphatic carboxylic acids is 1. The quantitative estimate of drug-likeness (QED) is 0.0150. The van der Waals surface area contributed by atoms with E-state index in [2.05, 4.69) is 37.6 Å². The molecular weight excluding hydrogens is 801 g/mol. The van der Waals surface area contributed by atoms with Crippen molar-refractivity contribution in [1.29, 1.82) is 0 Å². The van der Waals surface area contributed by atoms with Crippen molar-refractivity contribution in [3.63, 3.8) is 0 Å². The first-order valence-electron chi connectivity index (χ1n) is 19.0. The minimum Gasteiger partial charge on any atom is -0.481 e. The molecule has 1 heterocycles. The molecule has 22 heteroatoms. The molecule has 5 fully saturated rings. The van der Waals surface area contributed by atoms with Gasteiger partial charge in [0.2, 0.25) is 5.91 Å². The van der Waals surface area contributed by atoms with Gasteiger partial charge in [-0.05, 0) is 79.6 Å². The number of carboxylic acids is 1. The van der Waals surface area contributed by atoms with Gasteiger partial charge in [0.15, 0.2) is 37.0 Å². The number of nitrogens with two attached hydrogens (primary N) is 1. The standard InChI is InChI=1S/C35H54N2O18S2/c1-17(2)11-27(40)49-30-29(51-57-55-53-45)28(50-56-54-52-44)23(15-46-26(39)8-7-25(38)37-16-36)48-33(30)47-20-12-21(32(42)43)22-9-10-35-13-19(18(3)31(35)41)5-6-24(35)34(22,4)14-20/h17,19-24,28-31,33,41,44-45H,3,5-16,36H2,1-2,4H3,(H,37,38)(H,42,43)/t19?,20?,21?,22?,23-,24?,28+,29?,30?,31-,33?,34?,35?/m0/s1. The van der Waals surface area contributed by atoms with Crippen molar-refractivity contribution in [2.45, 2.75) is 128 Å². The van der Waals surface area contributed by atoms with Crippen LogP contribution in [-0.2, 0) is 65.2 Å². The molecule has 5 aliphatic rings. The molecule has 0 aromatic rings. The SMILES string of the molecule is C=C1C2CCC3C4(C)CC(OC5O[C@@H](COC(=O)CCC(=O)NCN)[C@@H](OSOOO)C(OSOOO)C5OC(=O)CC(C)C)CC(C(=O)O)C4CCC3(C2)[C@H]1O. The van der Waals surface area contributed by atoms with Gasteiger partial charge in [0, 0.05) is 18.3 Å². The van der Waals surface area contributed by atoms with Gasteiger partial charge in [-0.2, -0.15) is 0 Å². The monoisotopic (exact) mass is 854 g/mol. The topological polar surface area (TPSA) is 280 Å². The van der Waals surface area contributed by atoms with Gasteiger partial charge in [0.25, 0.3) is 0 Å². The van der Waals surface area contributed by atoms with Gasteiger partial charge >= 0.3 is 17.9 Å². The summed E-state index contributed by atoms with van der Waals surface area (Å²) in [5, 5.41) is 49.6. The van der Waals surface area contributed by atoms with E-state index in [1.54, 1.807) is 13.8 Å². The molecule has 20 nitrogen and oxygen atoms in total. The third-order valence-corrected chi connectivity index (χ3v) is 13.4. The Labute approximate surface area is 338 Å². The van der Waals surface area contributed by atoms with Crippen LogP contribution in [0.1, 0.15) is 85.0 Å². The number of aliphatic hydroxyl groups excluding tert-OH is 1. The lowest BCUT2D eigenvalue weighted by Gasteiger charge is -2.62. The maximum atomic E-state index is 13.3. The summed E-state index contributed by atoms with van der Waals surface area (Å²) in [4.78, 5) is 51.0. The Kier molecular flexibility index (Phi) is 16.4. The first-order valence-corrected chi connectivity index (χ1v) is 20.3. The second kappa shape index (κ2) is 20.4. The number of carboxylic acid groups (broad SMARTS) is 1. The second-order valence-electron chi connectivity index (χ2n) is 16.2. The predicted octanol–water partition coefficient (Wildman–Crippen LogP) is 3.39. The molecule has 7 N–H and O–H groups in total. The van der Waals surface area contributed by atoms with Crippen molar-refractivity contribution in [3.05, 3.63) is 12.2 Å². The van der Waals surface area contributed by atoms with Crippen LogP contribution in [0.25, 0.3) is 0 Å². The molecule has 5 rings (SSSR count). The molecule has 1 aliphatic heterocycles. The van der Waals surface area contributed by atoms with Gasteiger partial charge in [-0.1, -0.05) is 37.4 Å². The summed E-state index contributed by atoms with van der Waals surface area (Å²) in [6.45, 7) is 9.24. The van der Waals surface area contributed by atoms with E-state index < -0.39 is 90.1 Å². The Balaban J connectivity index is 1.47. The maximum Gasteiger partial charge on any atom is 0.306 e. The summed E-state index contributed by atoms with van der Waals surface area (Å²) in [5.41, 5.74) is 5.15. The first-order chi connectivity index (χ1) is 27.2. The van der Waals surface area contributed by atoms with E-state index in [4.69, 9.17) is 43.6 Å². The molecule has 0 aromatic heterocycles. The van der Waals surface area contributed by atoms with Crippen LogP contribution < -0.4 is 11.1 Å². The summed E-state index contributed by atoms with van der Waals surface area (Å²) < 4.78 is 44.8. The highest BCUT2D eigenvalue weighted by Crippen LogP contribution is 2.70. The van der Waals surface area contributed by atoms with Crippen LogP contribution in [0.3, 0.4) is 0 Å². The molecule has 0 radical (unpaired) electrons. The van der Waals surface area contributed by atoms with Gasteiger partial charge in [0.05, 0.1) is 31.2 Å². The number of nitrogens with one attached hydrogen (secondary N) is 1. The van der Waals surface area contributed by atoms with Crippen LogP contribution in [0.5, 0.6) is 0 Å². The summed E-state index contributed by atoms with van der Waals surface area (Å²) in [5.74, 6) is -3.92. The Morgan fingerprint density at radius 2 is 1.70 bits per heavy atom. The van der Waals surface area contributed by atoms with Crippen molar-refractivity contribution < 1.29 is 86.0 Å². The number of aliphatic hydroxyl groups is 1. The normalized spacial score (nSPS) is 37.3. The van der Waals surface area contributed by atoms with E-state index in [9.17, 15) is 29.4 Å². The lowest BCUT2D eigenvalue weighted by atomic mass is 9.43. The van der Waals surface area contributed by atoms with E-state index in [0.29, 0.717) is 19.3 Å². The number of hydrogen-bond acceptors (Lipinski definition) is 20. The zero-order valence-corrected chi connectivity index (χ0v) is 33.7. The van der Waals surface area contributed by atoms with E-state index in [-0.39, 0.29) is 80.7 Å². The molecule has 1 amide bonds. The maximum absolute atomic E-state index is 13.3. The van der Waals surface area contributed by atoms with E-state index in [0.717, 1.165) is 24.8 Å². The third kappa shape index (κ3) is 10.4. The predicted molar refractivity (Wildman–Crippen MR) is 194 cm³/mol. The molecule has 4 saturated carbocycles. The Hall–Kier alpha value is -2.16. The van der Waals surface area contributed by atoms with Crippen molar-refractivity contribution >= 4 is 48.5 Å². The number of rotatable bonds is 20. The van der Waals surface area contributed by atoms with Crippen LogP contribution in [0, 0.1) is 40.4 Å². The van der Waals surface area contributed by atoms with Crippen LogP contribution >= 0.6 is 24.6 Å². The molecule has 2 bridgehead atoms. The van der Waals surface area contributed by atoms with Crippen LogP contribution in [0.15, 0.2) is 12.2 Å². The average Bonchev–Trinajstić information content (AvgIpc) is 3.33. The van der Waals surface area contributed by atoms with E-state index >= 15 is 0 Å². The molecule has 57 heavy (non-hydrogen) atoms. The minimum atomic E-state index is -1.51. The molecule has 1 spiro atoms. The number of carbonyl (C=O) groups excluding carboxylic acids is 3. The molecule has 10 unspecified atom stereocenters. The lowest BCUT2D eigenvalue weighted by Crippen LogP contribution is -2.63. The summed E-state index contributed by atoms with van der Waals surface area (Å²) in [6.07, 6.45) is -5.04. The molecule has 1 saturated heterocycles. The van der Waals surface area contributed by atoms with Crippen molar-refractivity contribution in [1.82, 2.24) is 5.32 Å². The van der Waals surface area contributed by atoms with Crippen LogP contribution in [-0.4, -0.2) is 101 Å². The summed E-state index contributed by atoms with van der Waals surface area (Å²) >= 11 is 0.238. The molecule has 13 atom stereocenters. The number of amides is 1. The second-order valence-corrected chi connectivity index (χ2v) is 17.1. The fourth-order valence-corrected chi connectivity index (χ4v) is 11.1. The third-order valence-electron chi connectivity index (χ3n) is 12.5. The molecular formula is C35H54N2O18S2. The van der Waals surface area contributed by atoms with Gasteiger partial charge in [-0.3, -0.25) is 27.5 Å². The van der Waals surface area contributed by atoms with E-state index in [1.165, 1.54) is 0 Å². The lowest BCUT2D eigenvalue weighted by molar-refractivity contribution is -0.436. The van der Waals surface area contributed by atoms with Crippen molar-refractivity contribution in [3.8, 4) is 0 Å². The highest BCUT2D eigenvalue weighted by molar-refractivity contribution is 7.90. The highest BCUT2D eigenvalue weighted by atomic mass is 32.2. The number of ether oxygens (including phenoxy) is 4.